The van der Waals surface area contributed by atoms with Crippen molar-refractivity contribution in [1.29, 1.82) is 0 Å². The summed E-state index contributed by atoms with van der Waals surface area (Å²) in [5.74, 6) is 0. The molecule has 0 radical (unpaired) electrons. The number of aryl methyl sites for hydroxylation is 2. The predicted molar refractivity (Wildman–Crippen MR) is 66.6 cm³/mol. The van der Waals surface area contributed by atoms with Crippen molar-refractivity contribution in [3.05, 3.63) is 59.2 Å². The summed E-state index contributed by atoms with van der Waals surface area (Å²) >= 11 is 0. The maximum absolute atomic E-state index is 10.1. The van der Waals surface area contributed by atoms with Crippen LogP contribution in [0.5, 0.6) is 0 Å². The minimum atomic E-state index is -0.570. The highest BCUT2D eigenvalue weighted by Crippen LogP contribution is 2.17. The second-order valence-electron chi connectivity index (χ2n) is 4.35. The van der Waals surface area contributed by atoms with E-state index in [1.165, 1.54) is 17.5 Å². The molecular formula is C14H16N2O. The van der Waals surface area contributed by atoms with Crippen LogP contribution in [0.15, 0.2) is 36.8 Å². The van der Waals surface area contributed by atoms with Crippen LogP contribution in [0.2, 0.25) is 0 Å². The Bertz CT molecular complexity index is 477. The molecule has 0 aliphatic carbocycles. The average molecular weight is 228 g/mol. The van der Waals surface area contributed by atoms with Gasteiger partial charge in [0.1, 0.15) is 12.4 Å². The fraction of sp³-hybridized carbons (Fsp3) is 0.286. The molecule has 17 heavy (non-hydrogen) atoms. The third kappa shape index (κ3) is 3.11. The van der Waals surface area contributed by atoms with E-state index in [2.05, 4.69) is 42.0 Å². The van der Waals surface area contributed by atoms with Gasteiger partial charge in [-0.2, -0.15) is 0 Å². The molecule has 1 aromatic carbocycles. The maximum Gasteiger partial charge on any atom is 0.115 e. The summed E-state index contributed by atoms with van der Waals surface area (Å²) in [6.45, 7) is 4.13. The molecule has 3 nitrogen and oxygen atoms in total. The molecule has 2 aromatic rings. The van der Waals surface area contributed by atoms with Crippen LogP contribution in [0.25, 0.3) is 0 Å². The summed E-state index contributed by atoms with van der Waals surface area (Å²) in [5, 5.41) is 10.1. The number of benzene rings is 1. The van der Waals surface area contributed by atoms with E-state index >= 15 is 0 Å². The molecule has 0 fully saturated rings. The highest BCUT2D eigenvalue weighted by Gasteiger charge is 2.10. The van der Waals surface area contributed by atoms with Gasteiger partial charge >= 0.3 is 0 Å². The van der Waals surface area contributed by atoms with Gasteiger partial charge in [0.25, 0.3) is 0 Å². The zero-order valence-corrected chi connectivity index (χ0v) is 10.1. The zero-order valence-electron chi connectivity index (χ0n) is 10.1. The van der Waals surface area contributed by atoms with E-state index in [0.717, 1.165) is 5.56 Å². The van der Waals surface area contributed by atoms with Gasteiger partial charge in [0.2, 0.25) is 0 Å². The number of rotatable bonds is 3. The Kier molecular flexibility index (Phi) is 3.49. The molecule has 2 rings (SSSR count). The molecule has 0 spiro atoms. The molecule has 1 heterocycles. The lowest BCUT2D eigenvalue weighted by molar-refractivity contribution is 0.173. The quantitative estimate of drug-likeness (QED) is 0.877. The first-order chi connectivity index (χ1) is 8.15. The van der Waals surface area contributed by atoms with Crippen molar-refractivity contribution in [3.8, 4) is 0 Å². The Morgan fingerprint density at radius 3 is 2.47 bits per heavy atom. The van der Waals surface area contributed by atoms with Gasteiger partial charge in [-0.1, -0.05) is 29.3 Å². The van der Waals surface area contributed by atoms with E-state index in [1.807, 2.05) is 0 Å². The molecule has 0 saturated heterocycles. The largest absolute Gasteiger partial charge is 0.386 e. The lowest BCUT2D eigenvalue weighted by atomic mass is 10.0. The molecule has 0 bridgehead atoms. The first-order valence-electron chi connectivity index (χ1n) is 5.66. The number of hydrogen-bond donors (Lipinski definition) is 1. The molecule has 0 aliphatic rings. The van der Waals surface area contributed by atoms with Crippen molar-refractivity contribution in [1.82, 2.24) is 9.97 Å². The predicted octanol–water partition coefficient (Wildman–Crippen LogP) is 2.37. The molecule has 0 saturated carbocycles. The number of nitrogens with zero attached hydrogens (tertiary/aromatic N) is 2. The van der Waals surface area contributed by atoms with Gasteiger partial charge in [-0.3, -0.25) is 0 Å². The normalized spacial score (nSPS) is 12.4. The molecule has 1 N–H and O–H groups in total. The van der Waals surface area contributed by atoms with Gasteiger partial charge < -0.3 is 5.11 Å². The standard InChI is InChI=1S/C14H16N2O/c1-10-5-11(2)7-12(6-10)8-14(17)13-3-4-15-9-16-13/h3-7,9,14,17H,8H2,1-2H3. The zero-order chi connectivity index (χ0) is 12.3. The Balaban J connectivity index is 2.16. The van der Waals surface area contributed by atoms with Crippen LogP contribution < -0.4 is 0 Å². The van der Waals surface area contributed by atoms with E-state index in [9.17, 15) is 5.11 Å². The van der Waals surface area contributed by atoms with Gasteiger partial charge in [-0.05, 0) is 25.5 Å². The van der Waals surface area contributed by atoms with Crippen molar-refractivity contribution >= 4 is 0 Å². The Labute approximate surface area is 101 Å². The van der Waals surface area contributed by atoms with Gasteiger partial charge in [-0.25, -0.2) is 9.97 Å². The van der Waals surface area contributed by atoms with Crippen LogP contribution in [0.3, 0.4) is 0 Å². The van der Waals surface area contributed by atoms with Gasteiger partial charge in [0, 0.05) is 12.6 Å². The van der Waals surface area contributed by atoms with Gasteiger partial charge in [0.15, 0.2) is 0 Å². The number of aliphatic hydroxyl groups excluding tert-OH is 1. The third-order valence-electron chi connectivity index (χ3n) is 2.66. The third-order valence-corrected chi connectivity index (χ3v) is 2.66. The lowest BCUT2D eigenvalue weighted by Crippen LogP contribution is -2.04. The van der Waals surface area contributed by atoms with Crippen LogP contribution in [-0.2, 0) is 6.42 Å². The second-order valence-corrected chi connectivity index (χ2v) is 4.35. The molecular weight excluding hydrogens is 212 g/mol. The molecule has 3 heteroatoms. The summed E-state index contributed by atoms with van der Waals surface area (Å²) in [6.07, 6.45) is 3.12. The summed E-state index contributed by atoms with van der Waals surface area (Å²) in [5.41, 5.74) is 4.23. The van der Waals surface area contributed by atoms with Gasteiger partial charge in [0.05, 0.1) is 5.69 Å². The van der Waals surface area contributed by atoms with E-state index in [-0.39, 0.29) is 0 Å². The maximum atomic E-state index is 10.1. The molecule has 88 valence electrons. The van der Waals surface area contributed by atoms with E-state index in [4.69, 9.17) is 0 Å². The van der Waals surface area contributed by atoms with Crippen LogP contribution in [0, 0.1) is 13.8 Å². The highest BCUT2D eigenvalue weighted by molar-refractivity contribution is 5.29. The van der Waals surface area contributed by atoms with Crippen molar-refractivity contribution in [2.24, 2.45) is 0 Å². The van der Waals surface area contributed by atoms with E-state index in [0.29, 0.717) is 12.1 Å². The highest BCUT2D eigenvalue weighted by atomic mass is 16.3. The molecule has 1 aromatic heterocycles. The summed E-state index contributed by atoms with van der Waals surface area (Å²) in [6, 6.07) is 8.06. The number of aromatic nitrogens is 2. The first kappa shape index (κ1) is 11.7. The topological polar surface area (TPSA) is 46.0 Å². The van der Waals surface area contributed by atoms with E-state index < -0.39 is 6.10 Å². The number of aliphatic hydroxyl groups is 1. The average Bonchev–Trinajstić information content (AvgIpc) is 2.28. The molecule has 0 aliphatic heterocycles. The minimum Gasteiger partial charge on any atom is -0.386 e. The first-order valence-corrected chi connectivity index (χ1v) is 5.66. The second kappa shape index (κ2) is 5.06. The van der Waals surface area contributed by atoms with E-state index in [1.54, 1.807) is 12.3 Å². The molecule has 1 atom stereocenters. The van der Waals surface area contributed by atoms with Crippen LogP contribution in [-0.4, -0.2) is 15.1 Å². The van der Waals surface area contributed by atoms with Crippen LogP contribution >= 0.6 is 0 Å². The van der Waals surface area contributed by atoms with Crippen LogP contribution in [0.4, 0.5) is 0 Å². The van der Waals surface area contributed by atoms with Crippen molar-refractivity contribution in [2.75, 3.05) is 0 Å². The summed E-state index contributed by atoms with van der Waals surface area (Å²) in [7, 11) is 0. The Morgan fingerprint density at radius 2 is 1.88 bits per heavy atom. The van der Waals surface area contributed by atoms with Crippen molar-refractivity contribution < 1.29 is 5.11 Å². The van der Waals surface area contributed by atoms with Crippen molar-refractivity contribution in [2.45, 2.75) is 26.4 Å². The minimum absolute atomic E-state index is 0.570. The lowest BCUT2D eigenvalue weighted by Gasteiger charge is -2.11. The monoisotopic (exact) mass is 228 g/mol. The molecule has 1 unspecified atom stereocenters. The summed E-state index contributed by atoms with van der Waals surface area (Å²) < 4.78 is 0. The fourth-order valence-electron chi connectivity index (χ4n) is 2.01. The van der Waals surface area contributed by atoms with Crippen molar-refractivity contribution in [3.63, 3.8) is 0 Å². The SMILES string of the molecule is Cc1cc(C)cc(CC(O)c2ccncn2)c1. The van der Waals surface area contributed by atoms with Gasteiger partial charge in [-0.15, -0.1) is 0 Å². The Hall–Kier alpha value is -1.74. The molecule has 0 amide bonds. The van der Waals surface area contributed by atoms with Crippen LogP contribution in [0.1, 0.15) is 28.5 Å². The number of hydrogen-bond acceptors (Lipinski definition) is 3. The fourth-order valence-corrected chi connectivity index (χ4v) is 2.01. The summed E-state index contributed by atoms with van der Waals surface area (Å²) in [4.78, 5) is 7.90. The smallest absolute Gasteiger partial charge is 0.115 e. The Morgan fingerprint density at radius 1 is 1.18 bits per heavy atom.